The first-order chi connectivity index (χ1) is 9.56. The van der Waals surface area contributed by atoms with E-state index in [1.165, 1.54) is 0 Å². The monoisotopic (exact) mass is 349 g/mol. The molecule has 0 radical (unpaired) electrons. The maximum atomic E-state index is 10.0. The van der Waals surface area contributed by atoms with E-state index in [4.69, 9.17) is 11.6 Å². The molecule has 2 aromatic rings. The molecule has 0 saturated carbocycles. The standard InChI is InChI=1S/C16H13BrClNO/c1-11(9-16(20)12-5-3-2-4-6-12)19-13-7-8-14(17)15(18)10-13/h2-10,20H,1H3/b16-9-,19-11+. The molecule has 0 fully saturated rings. The predicted molar refractivity (Wildman–Crippen MR) is 89.0 cm³/mol. The molecule has 0 unspecified atom stereocenters. The van der Waals surface area contributed by atoms with Crippen LogP contribution >= 0.6 is 27.5 Å². The smallest absolute Gasteiger partial charge is 0.124 e. The van der Waals surface area contributed by atoms with Gasteiger partial charge in [-0.25, -0.2) is 0 Å². The number of rotatable bonds is 3. The Morgan fingerprint density at radius 3 is 2.55 bits per heavy atom. The summed E-state index contributed by atoms with van der Waals surface area (Å²) < 4.78 is 0.832. The van der Waals surface area contributed by atoms with Crippen molar-refractivity contribution in [2.24, 2.45) is 4.99 Å². The van der Waals surface area contributed by atoms with E-state index in [-0.39, 0.29) is 5.76 Å². The van der Waals surface area contributed by atoms with Crippen LogP contribution in [0, 0.1) is 0 Å². The van der Waals surface area contributed by atoms with Crippen LogP contribution in [0.25, 0.3) is 5.76 Å². The third kappa shape index (κ3) is 3.95. The summed E-state index contributed by atoms with van der Waals surface area (Å²) in [6.07, 6.45) is 1.63. The zero-order chi connectivity index (χ0) is 14.5. The molecule has 2 rings (SSSR count). The van der Waals surface area contributed by atoms with Crippen LogP contribution in [-0.2, 0) is 0 Å². The molecule has 4 heteroatoms. The minimum absolute atomic E-state index is 0.190. The van der Waals surface area contributed by atoms with E-state index < -0.39 is 0 Å². The minimum Gasteiger partial charge on any atom is -0.507 e. The van der Waals surface area contributed by atoms with Gasteiger partial charge in [0.1, 0.15) is 5.76 Å². The highest BCUT2D eigenvalue weighted by atomic mass is 79.9. The minimum atomic E-state index is 0.190. The molecule has 0 amide bonds. The van der Waals surface area contributed by atoms with E-state index in [1.807, 2.05) is 49.4 Å². The van der Waals surface area contributed by atoms with Gasteiger partial charge in [-0.3, -0.25) is 4.99 Å². The van der Waals surface area contributed by atoms with E-state index in [0.29, 0.717) is 10.7 Å². The van der Waals surface area contributed by atoms with Gasteiger partial charge in [-0.1, -0.05) is 41.9 Å². The molecule has 0 spiro atoms. The van der Waals surface area contributed by atoms with Crippen molar-refractivity contribution in [3.05, 3.63) is 69.7 Å². The second kappa shape index (κ2) is 6.73. The van der Waals surface area contributed by atoms with Gasteiger partial charge in [0.25, 0.3) is 0 Å². The lowest BCUT2D eigenvalue weighted by Crippen LogP contribution is -1.89. The SMILES string of the molecule is CC(/C=C(\O)c1ccccc1)=N\c1ccc(Br)c(Cl)c1. The van der Waals surface area contributed by atoms with Crippen LogP contribution in [0.1, 0.15) is 12.5 Å². The Morgan fingerprint density at radius 2 is 1.90 bits per heavy atom. The Labute approximate surface area is 131 Å². The Bertz CT molecular complexity index is 665. The van der Waals surface area contributed by atoms with Crippen molar-refractivity contribution in [2.75, 3.05) is 0 Å². The molecule has 102 valence electrons. The second-order valence-electron chi connectivity index (χ2n) is 4.25. The lowest BCUT2D eigenvalue weighted by molar-refractivity contribution is 0.512. The van der Waals surface area contributed by atoms with Crippen LogP contribution in [0.4, 0.5) is 5.69 Å². The zero-order valence-corrected chi connectivity index (χ0v) is 13.2. The molecule has 1 N–H and O–H groups in total. The van der Waals surface area contributed by atoms with Crippen LogP contribution in [0.3, 0.4) is 0 Å². The number of halogens is 2. The lowest BCUT2D eigenvalue weighted by Gasteiger charge is -2.01. The Morgan fingerprint density at radius 1 is 1.20 bits per heavy atom. The first-order valence-corrected chi connectivity index (χ1v) is 7.20. The fraction of sp³-hybridized carbons (Fsp3) is 0.0625. The molecule has 0 aromatic heterocycles. The highest BCUT2D eigenvalue weighted by Gasteiger charge is 2.00. The molecule has 20 heavy (non-hydrogen) atoms. The molecule has 0 heterocycles. The Kier molecular flexibility index (Phi) is 4.99. The molecular weight excluding hydrogens is 338 g/mol. The molecule has 0 bridgehead atoms. The van der Waals surface area contributed by atoms with Gasteiger partial charge in [-0.05, 0) is 41.1 Å². The van der Waals surface area contributed by atoms with E-state index in [9.17, 15) is 5.11 Å². The second-order valence-corrected chi connectivity index (χ2v) is 5.51. The normalized spacial score (nSPS) is 12.6. The average Bonchev–Trinajstić information content (AvgIpc) is 2.44. The summed E-state index contributed by atoms with van der Waals surface area (Å²) >= 11 is 9.35. The summed E-state index contributed by atoms with van der Waals surface area (Å²) in [5.74, 6) is 0.190. The molecule has 2 nitrogen and oxygen atoms in total. The number of aliphatic imine (C=N–C) groups is 1. The third-order valence-corrected chi connectivity index (χ3v) is 3.86. The first-order valence-electron chi connectivity index (χ1n) is 6.02. The molecule has 0 aliphatic rings. The topological polar surface area (TPSA) is 32.6 Å². The van der Waals surface area contributed by atoms with Crippen LogP contribution in [0.15, 0.2) is 64.1 Å². The molecule has 0 saturated heterocycles. The van der Waals surface area contributed by atoms with E-state index >= 15 is 0 Å². The highest BCUT2D eigenvalue weighted by molar-refractivity contribution is 9.10. The summed E-state index contributed by atoms with van der Waals surface area (Å²) in [5.41, 5.74) is 2.20. The summed E-state index contributed by atoms with van der Waals surface area (Å²) in [7, 11) is 0. The average molecular weight is 351 g/mol. The molecule has 0 atom stereocenters. The quantitative estimate of drug-likeness (QED) is 0.551. The van der Waals surface area contributed by atoms with Gasteiger partial charge in [0.15, 0.2) is 0 Å². The fourth-order valence-electron chi connectivity index (χ4n) is 1.68. The van der Waals surface area contributed by atoms with Gasteiger partial charge in [-0.2, -0.15) is 0 Å². The highest BCUT2D eigenvalue weighted by Crippen LogP contribution is 2.27. The molecule has 0 aliphatic heterocycles. The number of benzene rings is 2. The number of allylic oxidation sites excluding steroid dienone is 1. The maximum absolute atomic E-state index is 10.0. The van der Waals surface area contributed by atoms with E-state index in [0.717, 1.165) is 15.7 Å². The summed E-state index contributed by atoms with van der Waals surface area (Å²) in [5, 5.41) is 10.6. The van der Waals surface area contributed by atoms with Crippen LogP contribution in [0.5, 0.6) is 0 Å². The largest absolute Gasteiger partial charge is 0.507 e. The number of hydrogen-bond acceptors (Lipinski definition) is 2. The van der Waals surface area contributed by atoms with Crippen molar-refractivity contribution in [3.8, 4) is 0 Å². The van der Waals surface area contributed by atoms with E-state index in [1.54, 1.807) is 12.1 Å². The van der Waals surface area contributed by atoms with Crippen molar-refractivity contribution < 1.29 is 5.11 Å². The third-order valence-electron chi connectivity index (χ3n) is 2.62. The van der Waals surface area contributed by atoms with Crippen LogP contribution < -0.4 is 0 Å². The van der Waals surface area contributed by atoms with Crippen molar-refractivity contribution >= 4 is 44.7 Å². The summed E-state index contributed by atoms with van der Waals surface area (Å²) in [6, 6.07) is 14.8. The number of nitrogens with zero attached hydrogens (tertiary/aromatic N) is 1. The molecule has 2 aromatic carbocycles. The number of hydrogen-bond donors (Lipinski definition) is 1. The fourth-order valence-corrected chi connectivity index (χ4v) is 2.10. The zero-order valence-electron chi connectivity index (χ0n) is 10.8. The van der Waals surface area contributed by atoms with Crippen LogP contribution in [-0.4, -0.2) is 10.8 Å². The lowest BCUT2D eigenvalue weighted by atomic mass is 10.1. The van der Waals surface area contributed by atoms with Gasteiger partial charge in [0.05, 0.1) is 10.7 Å². The van der Waals surface area contributed by atoms with Crippen molar-refractivity contribution in [1.82, 2.24) is 0 Å². The summed E-state index contributed by atoms with van der Waals surface area (Å²) in [6.45, 7) is 1.83. The van der Waals surface area contributed by atoms with Gasteiger partial charge in [-0.15, -0.1) is 0 Å². The molecular formula is C16H13BrClNO. The van der Waals surface area contributed by atoms with Gasteiger partial charge < -0.3 is 5.11 Å². The first kappa shape index (κ1) is 14.8. The maximum Gasteiger partial charge on any atom is 0.124 e. The summed E-state index contributed by atoms with van der Waals surface area (Å²) in [4.78, 5) is 4.40. The number of aliphatic hydroxyl groups is 1. The molecule has 0 aliphatic carbocycles. The number of aliphatic hydroxyl groups excluding tert-OH is 1. The Balaban J connectivity index is 2.24. The van der Waals surface area contributed by atoms with Gasteiger partial charge in [0, 0.05) is 21.8 Å². The van der Waals surface area contributed by atoms with Crippen molar-refractivity contribution in [2.45, 2.75) is 6.92 Å². The van der Waals surface area contributed by atoms with Crippen molar-refractivity contribution in [3.63, 3.8) is 0 Å². The van der Waals surface area contributed by atoms with Gasteiger partial charge in [0.2, 0.25) is 0 Å². The van der Waals surface area contributed by atoms with Crippen LogP contribution in [0.2, 0.25) is 5.02 Å². The predicted octanol–water partition coefficient (Wildman–Crippen LogP) is 5.79. The van der Waals surface area contributed by atoms with Gasteiger partial charge >= 0.3 is 0 Å². The Hall–Kier alpha value is -1.58. The van der Waals surface area contributed by atoms with E-state index in [2.05, 4.69) is 20.9 Å². The van der Waals surface area contributed by atoms with Crippen molar-refractivity contribution in [1.29, 1.82) is 0 Å².